The Bertz CT molecular complexity index is 593. The second-order valence-corrected chi connectivity index (χ2v) is 5.61. The van der Waals surface area contributed by atoms with Gasteiger partial charge in [-0.3, -0.25) is 0 Å². The second-order valence-electron chi connectivity index (χ2n) is 4.69. The van der Waals surface area contributed by atoms with Crippen LogP contribution in [0.25, 0.3) is 0 Å². The normalized spacial score (nSPS) is 12.4. The molecule has 1 unspecified atom stereocenters. The SMILES string of the molecule is CCNC(c1cc(F)cc(F)c1)c1ccc(Br)cc1C. The van der Waals surface area contributed by atoms with Crippen LogP contribution in [0, 0.1) is 18.6 Å². The third kappa shape index (κ3) is 3.44. The summed E-state index contributed by atoms with van der Waals surface area (Å²) in [5, 5.41) is 3.28. The molecule has 0 aliphatic rings. The van der Waals surface area contributed by atoms with E-state index < -0.39 is 11.6 Å². The highest BCUT2D eigenvalue weighted by atomic mass is 79.9. The van der Waals surface area contributed by atoms with Gasteiger partial charge in [0.05, 0.1) is 6.04 Å². The zero-order valence-corrected chi connectivity index (χ0v) is 13.0. The van der Waals surface area contributed by atoms with Crippen molar-refractivity contribution in [3.05, 3.63) is 69.2 Å². The average Bonchev–Trinajstić information content (AvgIpc) is 2.35. The van der Waals surface area contributed by atoms with Crippen LogP contribution in [0.15, 0.2) is 40.9 Å². The maximum Gasteiger partial charge on any atom is 0.126 e. The second kappa shape index (κ2) is 6.46. The van der Waals surface area contributed by atoms with Crippen LogP contribution in [0.1, 0.15) is 29.7 Å². The number of hydrogen-bond acceptors (Lipinski definition) is 1. The first-order chi connectivity index (χ1) is 9.51. The first kappa shape index (κ1) is 15.1. The molecule has 1 N–H and O–H groups in total. The van der Waals surface area contributed by atoms with Crippen molar-refractivity contribution in [1.82, 2.24) is 5.32 Å². The van der Waals surface area contributed by atoms with E-state index >= 15 is 0 Å². The third-order valence-corrected chi connectivity index (χ3v) is 3.66. The molecule has 0 radical (unpaired) electrons. The van der Waals surface area contributed by atoms with Gasteiger partial charge in [-0.25, -0.2) is 8.78 Å². The van der Waals surface area contributed by atoms with Gasteiger partial charge in [-0.05, 0) is 54.4 Å². The highest BCUT2D eigenvalue weighted by molar-refractivity contribution is 9.10. The van der Waals surface area contributed by atoms with Gasteiger partial charge in [0.2, 0.25) is 0 Å². The van der Waals surface area contributed by atoms with E-state index in [2.05, 4.69) is 21.2 Å². The van der Waals surface area contributed by atoms with Crippen LogP contribution >= 0.6 is 15.9 Å². The lowest BCUT2D eigenvalue weighted by Gasteiger charge is -2.21. The number of nitrogens with one attached hydrogen (secondary N) is 1. The monoisotopic (exact) mass is 339 g/mol. The van der Waals surface area contributed by atoms with Crippen molar-refractivity contribution in [2.45, 2.75) is 19.9 Å². The van der Waals surface area contributed by atoms with E-state index in [1.165, 1.54) is 12.1 Å². The summed E-state index contributed by atoms with van der Waals surface area (Å²) >= 11 is 3.42. The van der Waals surface area contributed by atoms with Crippen LogP contribution in [0.2, 0.25) is 0 Å². The van der Waals surface area contributed by atoms with Gasteiger partial charge in [0.1, 0.15) is 11.6 Å². The maximum absolute atomic E-state index is 13.4. The first-order valence-electron chi connectivity index (χ1n) is 6.46. The minimum Gasteiger partial charge on any atom is -0.307 e. The highest BCUT2D eigenvalue weighted by Gasteiger charge is 2.17. The molecule has 1 nitrogen and oxygen atoms in total. The Morgan fingerprint density at radius 1 is 1.10 bits per heavy atom. The molecule has 2 aromatic rings. The highest BCUT2D eigenvalue weighted by Crippen LogP contribution is 2.28. The Hall–Kier alpha value is -1.26. The fraction of sp³-hybridized carbons (Fsp3) is 0.250. The molecular weight excluding hydrogens is 324 g/mol. The van der Waals surface area contributed by atoms with E-state index in [1.54, 1.807) is 0 Å². The quantitative estimate of drug-likeness (QED) is 0.848. The Morgan fingerprint density at radius 3 is 2.30 bits per heavy atom. The lowest BCUT2D eigenvalue weighted by atomic mass is 9.95. The van der Waals surface area contributed by atoms with Crippen LogP contribution in [-0.2, 0) is 0 Å². The number of halogens is 3. The van der Waals surface area contributed by atoms with Crippen LogP contribution in [0.3, 0.4) is 0 Å². The molecule has 1 atom stereocenters. The molecule has 0 heterocycles. The number of hydrogen-bond donors (Lipinski definition) is 1. The van der Waals surface area contributed by atoms with Gasteiger partial charge in [0.15, 0.2) is 0 Å². The molecule has 0 aliphatic carbocycles. The third-order valence-electron chi connectivity index (χ3n) is 3.17. The fourth-order valence-corrected chi connectivity index (χ4v) is 2.79. The molecule has 2 aromatic carbocycles. The van der Waals surface area contributed by atoms with Crippen LogP contribution in [0.4, 0.5) is 8.78 Å². The van der Waals surface area contributed by atoms with Crippen LogP contribution < -0.4 is 5.32 Å². The fourth-order valence-electron chi connectivity index (χ4n) is 2.32. The van der Waals surface area contributed by atoms with Crippen molar-refractivity contribution in [2.75, 3.05) is 6.54 Å². The number of benzene rings is 2. The zero-order valence-electron chi connectivity index (χ0n) is 11.4. The van der Waals surface area contributed by atoms with E-state index in [0.29, 0.717) is 12.1 Å². The summed E-state index contributed by atoms with van der Waals surface area (Å²) in [6.07, 6.45) is 0. The molecule has 0 bridgehead atoms. The smallest absolute Gasteiger partial charge is 0.126 e. The maximum atomic E-state index is 13.4. The van der Waals surface area contributed by atoms with Gasteiger partial charge in [-0.1, -0.05) is 28.9 Å². The van der Waals surface area contributed by atoms with E-state index in [1.807, 2.05) is 32.0 Å². The summed E-state index contributed by atoms with van der Waals surface area (Å²) in [5.74, 6) is -1.12. The van der Waals surface area contributed by atoms with Crippen molar-refractivity contribution < 1.29 is 8.78 Å². The summed E-state index contributed by atoms with van der Waals surface area (Å²) in [4.78, 5) is 0. The molecular formula is C16H16BrF2N. The Balaban J connectivity index is 2.49. The van der Waals surface area contributed by atoms with Crippen molar-refractivity contribution in [3.63, 3.8) is 0 Å². The van der Waals surface area contributed by atoms with Crippen molar-refractivity contribution in [2.24, 2.45) is 0 Å². The summed E-state index contributed by atoms with van der Waals surface area (Å²) in [6.45, 7) is 4.66. The van der Waals surface area contributed by atoms with Gasteiger partial charge < -0.3 is 5.32 Å². The van der Waals surface area contributed by atoms with Gasteiger partial charge in [0.25, 0.3) is 0 Å². The summed E-state index contributed by atoms with van der Waals surface area (Å²) in [5.41, 5.74) is 2.67. The van der Waals surface area contributed by atoms with E-state index in [9.17, 15) is 8.78 Å². The molecule has 0 aromatic heterocycles. The minimum atomic E-state index is -0.558. The van der Waals surface area contributed by atoms with Gasteiger partial charge in [0, 0.05) is 10.5 Å². The standard InChI is InChI=1S/C16H16BrF2N/c1-3-20-16(11-7-13(18)9-14(19)8-11)15-5-4-12(17)6-10(15)2/h4-9,16,20H,3H2,1-2H3. The van der Waals surface area contributed by atoms with Gasteiger partial charge in [-0.15, -0.1) is 0 Å². The van der Waals surface area contributed by atoms with Crippen molar-refractivity contribution in [3.8, 4) is 0 Å². The predicted octanol–water partition coefficient (Wildman–Crippen LogP) is 4.73. The predicted molar refractivity (Wildman–Crippen MR) is 80.8 cm³/mol. The molecule has 0 fully saturated rings. The minimum absolute atomic E-state index is 0.224. The van der Waals surface area contributed by atoms with E-state index in [-0.39, 0.29) is 6.04 Å². The van der Waals surface area contributed by atoms with Crippen molar-refractivity contribution >= 4 is 15.9 Å². The number of aryl methyl sites for hydroxylation is 1. The summed E-state index contributed by atoms with van der Waals surface area (Å²) in [7, 11) is 0. The largest absolute Gasteiger partial charge is 0.307 e. The van der Waals surface area contributed by atoms with Gasteiger partial charge >= 0.3 is 0 Å². The molecule has 0 saturated heterocycles. The zero-order chi connectivity index (χ0) is 14.7. The van der Waals surface area contributed by atoms with E-state index in [4.69, 9.17) is 0 Å². The Labute approximate surface area is 126 Å². The molecule has 0 spiro atoms. The molecule has 20 heavy (non-hydrogen) atoms. The molecule has 4 heteroatoms. The Morgan fingerprint density at radius 2 is 1.75 bits per heavy atom. The summed E-state index contributed by atoms with van der Waals surface area (Å²) < 4.78 is 27.9. The van der Waals surface area contributed by atoms with Crippen LogP contribution in [0.5, 0.6) is 0 Å². The first-order valence-corrected chi connectivity index (χ1v) is 7.26. The average molecular weight is 340 g/mol. The molecule has 0 saturated carbocycles. The molecule has 106 valence electrons. The summed E-state index contributed by atoms with van der Waals surface area (Å²) in [6, 6.07) is 9.31. The lowest BCUT2D eigenvalue weighted by molar-refractivity contribution is 0.564. The molecule has 2 rings (SSSR count). The van der Waals surface area contributed by atoms with Crippen LogP contribution in [-0.4, -0.2) is 6.54 Å². The van der Waals surface area contributed by atoms with E-state index in [0.717, 1.165) is 21.7 Å². The topological polar surface area (TPSA) is 12.0 Å². The number of rotatable bonds is 4. The van der Waals surface area contributed by atoms with Crippen molar-refractivity contribution in [1.29, 1.82) is 0 Å². The molecule has 0 amide bonds. The Kier molecular flexibility index (Phi) is 4.89. The molecule has 0 aliphatic heterocycles. The lowest BCUT2D eigenvalue weighted by Crippen LogP contribution is -2.23. The van der Waals surface area contributed by atoms with Gasteiger partial charge in [-0.2, -0.15) is 0 Å².